The summed E-state index contributed by atoms with van der Waals surface area (Å²) in [5.41, 5.74) is -0.558. The number of anilines is 1. The summed E-state index contributed by atoms with van der Waals surface area (Å²) in [5, 5.41) is 12.6. The number of allylic oxidation sites excluding steroid dienone is 1. The van der Waals surface area contributed by atoms with Gasteiger partial charge in [-0.1, -0.05) is 32.1 Å². The molecule has 1 aromatic heterocycles. The molecule has 0 radical (unpaired) electrons. The number of ether oxygens (including phenoxy) is 1. The van der Waals surface area contributed by atoms with Crippen molar-refractivity contribution in [1.82, 2.24) is 0 Å². The number of halogens is 1. The number of carbonyl (C=O) groups excluding carboxylic acids is 2. The molecule has 186 valence electrons. The second-order valence-electron chi connectivity index (χ2n) is 8.67. The molecular formula is C26H28FNO5S2. The number of ketones is 1. The first kappa shape index (κ1) is 26.8. The van der Waals surface area contributed by atoms with Crippen LogP contribution in [-0.4, -0.2) is 40.2 Å². The molecule has 0 saturated carbocycles. The average molecular weight is 518 g/mol. The topological polar surface area (TPSA) is 92.7 Å². The van der Waals surface area contributed by atoms with Crippen LogP contribution in [0.25, 0.3) is 0 Å². The number of aliphatic carboxylic acids is 1. The fraction of sp³-hybridized carbons (Fsp3) is 0.346. The molecule has 2 unspecified atom stereocenters. The van der Waals surface area contributed by atoms with E-state index in [9.17, 15) is 23.9 Å². The second-order valence-corrected chi connectivity index (χ2v) is 10.9. The van der Waals surface area contributed by atoms with Gasteiger partial charge in [-0.3, -0.25) is 9.59 Å². The number of amides is 1. The molecule has 0 saturated heterocycles. The monoisotopic (exact) mass is 517 g/mol. The first-order valence-electron chi connectivity index (χ1n) is 11.2. The summed E-state index contributed by atoms with van der Waals surface area (Å²) in [6.07, 6.45) is 5.92. The molecule has 0 fully saturated rings. The SMILES string of the molecule is CCc1cc(C(=O)c2ccc(F)cc2)c(NC(=O)CSC2=CC(C)C(OC(C)(C)C(=O)O)C=C2)s1. The highest BCUT2D eigenvalue weighted by Gasteiger charge is 2.33. The Kier molecular flexibility index (Phi) is 8.69. The van der Waals surface area contributed by atoms with E-state index in [2.05, 4.69) is 5.32 Å². The predicted molar refractivity (Wildman–Crippen MR) is 138 cm³/mol. The van der Waals surface area contributed by atoms with Crippen molar-refractivity contribution in [3.63, 3.8) is 0 Å². The zero-order valence-corrected chi connectivity index (χ0v) is 21.6. The maximum Gasteiger partial charge on any atom is 0.335 e. The molecule has 0 aliphatic heterocycles. The van der Waals surface area contributed by atoms with E-state index in [1.807, 2.05) is 32.1 Å². The predicted octanol–water partition coefficient (Wildman–Crippen LogP) is 5.69. The van der Waals surface area contributed by atoms with Crippen LogP contribution in [0.1, 0.15) is 48.5 Å². The van der Waals surface area contributed by atoms with Crippen molar-refractivity contribution in [1.29, 1.82) is 0 Å². The molecule has 3 rings (SSSR count). The van der Waals surface area contributed by atoms with Gasteiger partial charge in [0.15, 0.2) is 11.4 Å². The molecule has 2 aromatic rings. The van der Waals surface area contributed by atoms with Crippen LogP contribution in [-0.2, 0) is 20.7 Å². The van der Waals surface area contributed by atoms with Crippen molar-refractivity contribution >= 4 is 45.8 Å². The Balaban J connectivity index is 1.62. The molecule has 2 N–H and O–H groups in total. The van der Waals surface area contributed by atoms with Crippen LogP contribution >= 0.6 is 23.1 Å². The lowest BCUT2D eigenvalue weighted by molar-refractivity contribution is -0.166. The Hall–Kier alpha value is -2.75. The number of carbonyl (C=O) groups is 3. The fourth-order valence-electron chi connectivity index (χ4n) is 3.35. The number of nitrogens with one attached hydrogen (secondary N) is 1. The molecule has 1 amide bonds. The van der Waals surface area contributed by atoms with E-state index in [1.165, 1.54) is 61.2 Å². The largest absolute Gasteiger partial charge is 0.479 e. The number of carboxylic acid groups (broad SMARTS) is 1. The van der Waals surface area contributed by atoms with Crippen molar-refractivity contribution in [2.75, 3.05) is 11.1 Å². The van der Waals surface area contributed by atoms with Crippen LogP contribution in [0, 0.1) is 11.7 Å². The van der Waals surface area contributed by atoms with Crippen molar-refractivity contribution in [2.24, 2.45) is 5.92 Å². The van der Waals surface area contributed by atoms with E-state index in [4.69, 9.17) is 4.74 Å². The molecule has 0 bridgehead atoms. The molecule has 2 atom stereocenters. The number of benzene rings is 1. The van der Waals surface area contributed by atoms with Gasteiger partial charge >= 0.3 is 5.97 Å². The Morgan fingerprint density at radius 2 is 1.91 bits per heavy atom. The zero-order chi connectivity index (χ0) is 25.8. The van der Waals surface area contributed by atoms with Gasteiger partial charge in [0.05, 0.1) is 17.4 Å². The van der Waals surface area contributed by atoms with Crippen molar-refractivity contribution < 1.29 is 28.6 Å². The first-order chi connectivity index (χ1) is 16.5. The standard InChI is InChI=1S/C26H28FNO5S2/c1-5-18-13-20(23(30)16-6-8-17(27)9-7-16)24(35-18)28-22(29)14-34-19-10-11-21(15(2)12-19)33-26(3,4)25(31)32/h6-13,15,21H,5,14H2,1-4H3,(H,28,29)(H,31,32). The van der Waals surface area contributed by atoms with Crippen LogP contribution in [0.4, 0.5) is 9.39 Å². The number of aryl methyl sites for hydroxylation is 1. The van der Waals surface area contributed by atoms with Crippen LogP contribution < -0.4 is 5.32 Å². The third-order valence-electron chi connectivity index (χ3n) is 5.45. The van der Waals surface area contributed by atoms with Gasteiger partial charge in [-0.15, -0.1) is 23.1 Å². The van der Waals surface area contributed by atoms with E-state index in [1.54, 1.807) is 6.07 Å². The van der Waals surface area contributed by atoms with Gasteiger partial charge in [-0.05, 0) is 50.6 Å². The summed E-state index contributed by atoms with van der Waals surface area (Å²) < 4.78 is 19.0. The molecule has 6 nitrogen and oxygen atoms in total. The molecule has 1 aliphatic carbocycles. The summed E-state index contributed by atoms with van der Waals surface area (Å²) in [7, 11) is 0. The van der Waals surface area contributed by atoms with Crippen molar-refractivity contribution in [3.8, 4) is 0 Å². The van der Waals surface area contributed by atoms with Crippen LogP contribution in [0.3, 0.4) is 0 Å². The maximum atomic E-state index is 13.2. The third-order valence-corrected chi connectivity index (χ3v) is 7.65. The van der Waals surface area contributed by atoms with Gasteiger partial charge in [-0.2, -0.15) is 0 Å². The summed E-state index contributed by atoms with van der Waals surface area (Å²) in [4.78, 5) is 38.8. The number of carboxylic acids is 1. The summed E-state index contributed by atoms with van der Waals surface area (Å²) in [5.74, 6) is -1.90. The fourth-order valence-corrected chi connectivity index (χ4v) is 5.22. The minimum atomic E-state index is -1.30. The number of thiophene rings is 1. The van der Waals surface area contributed by atoms with Gasteiger partial charge < -0.3 is 15.2 Å². The van der Waals surface area contributed by atoms with Crippen molar-refractivity contribution in [2.45, 2.75) is 45.8 Å². The second kappa shape index (κ2) is 11.3. The number of thioether (sulfide) groups is 1. The van der Waals surface area contributed by atoms with Crippen LogP contribution in [0.15, 0.2) is 53.5 Å². The average Bonchev–Trinajstić information content (AvgIpc) is 3.22. The van der Waals surface area contributed by atoms with E-state index >= 15 is 0 Å². The lowest BCUT2D eigenvalue weighted by atomic mass is 9.98. The molecule has 1 aromatic carbocycles. The van der Waals surface area contributed by atoms with Crippen molar-refractivity contribution in [3.05, 3.63) is 75.3 Å². The Labute approximate surface area is 212 Å². The number of hydrogen-bond acceptors (Lipinski definition) is 6. The molecular weight excluding hydrogens is 489 g/mol. The van der Waals surface area contributed by atoms with E-state index in [-0.39, 0.29) is 29.5 Å². The van der Waals surface area contributed by atoms with Gasteiger partial charge in [0.2, 0.25) is 5.91 Å². The van der Waals surface area contributed by atoms with Crippen LogP contribution in [0.5, 0.6) is 0 Å². The summed E-state index contributed by atoms with van der Waals surface area (Å²) in [6, 6.07) is 7.10. The van der Waals surface area contributed by atoms with Crippen LogP contribution in [0.2, 0.25) is 0 Å². The lowest BCUT2D eigenvalue weighted by Gasteiger charge is -2.30. The molecule has 9 heteroatoms. The molecule has 1 aliphatic rings. The minimum Gasteiger partial charge on any atom is -0.479 e. The molecule has 0 spiro atoms. The normalized spacial score (nSPS) is 17.7. The highest BCUT2D eigenvalue weighted by molar-refractivity contribution is 8.03. The first-order valence-corrected chi connectivity index (χ1v) is 13.0. The van der Waals surface area contributed by atoms with Gasteiger partial charge in [0, 0.05) is 21.3 Å². The van der Waals surface area contributed by atoms with Gasteiger partial charge in [0.25, 0.3) is 0 Å². The Bertz CT molecular complexity index is 1170. The van der Waals surface area contributed by atoms with Gasteiger partial charge in [0.1, 0.15) is 10.8 Å². The highest BCUT2D eigenvalue weighted by atomic mass is 32.2. The minimum absolute atomic E-state index is 0.0615. The number of rotatable bonds is 10. The lowest BCUT2D eigenvalue weighted by Crippen LogP contribution is -2.40. The quantitative estimate of drug-likeness (QED) is 0.393. The van der Waals surface area contributed by atoms with Gasteiger partial charge in [-0.25, -0.2) is 9.18 Å². The maximum absolute atomic E-state index is 13.2. The van der Waals surface area contributed by atoms with E-state index < -0.39 is 17.4 Å². The molecule has 35 heavy (non-hydrogen) atoms. The molecule has 1 heterocycles. The number of hydrogen-bond donors (Lipinski definition) is 2. The van der Waals surface area contributed by atoms with E-state index in [0.717, 1.165) is 16.2 Å². The summed E-state index contributed by atoms with van der Waals surface area (Å²) >= 11 is 2.70. The Morgan fingerprint density at radius 3 is 2.51 bits per heavy atom. The zero-order valence-electron chi connectivity index (χ0n) is 20.0. The van der Waals surface area contributed by atoms with E-state index in [0.29, 0.717) is 16.1 Å². The highest BCUT2D eigenvalue weighted by Crippen LogP contribution is 2.32. The summed E-state index contributed by atoms with van der Waals surface area (Å²) in [6.45, 7) is 6.92. The Morgan fingerprint density at radius 1 is 1.23 bits per heavy atom. The third kappa shape index (κ3) is 6.90. The smallest absolute Gasteiger partial charge is 0.335 e.